The molecule has 1 N–H and O–H groups in total. The van der Waals surface area contributed by atoms with Gasteiger partial charge >= 0.3 is 0 Å². The summed E-state index contributed by atoms with van der Waals surface area (Å²) in [5.74, 6) is 1.17. The van der Waals surface area contributed by atoms with Crippen molar-refractivity contribution in [3.63, 3.8) is 0 Å². The Hall–Kier alpha value is -2.18. The van der Waals surface area contributed by atoms with E-state index >= 15 is 0 Å². The standard InChI is InChI=1S/C13H19N5O2/c1-5-6-18-7-14-17-12(18)9(3)16-13(19)11-8(2)15-10(4)20-11/h7,9H,5-6H2,1-4H3,(H,16,19)/t9-/m1/s1. The molecule has 1 atom stereocenters. The molecule has 0 saturated carbocycles. The van der Waals surface area contributed by atoms with E-state index in [0.29, 0.717) is 11.6 Å². The summed E-state index contributed by atoms with van der Waals surface area (Å²) in [4.78, 5) is 16.2. The Morgan fingerprint density at radius 3 is 2.85 bits per heavy atom. The average Bonchev–Trinajstić information content (AvgIpc) is 2.96. The smallest absolute Gasteiger partial charge is 0.289 e. The molecule has 2 aromatic rings. The third-order valence-corrected chi connectivity index (χ3v) is 2.95. The number of nitrogens with zero attached hydrogens (tertiary/aromatic N) is 4. The Labute approximate surface area is 117 Å². The molecule has 0 fully saturated rings. The number of carbonyl (C=O) groups is 1. The summed E-state index contributed by atoms with van der Waals surface area (Å²) in [6, 6.07) is -0.249. The van der Waals surface area contributed by atoms with Gasteiger partial charge in [0.1, 0.15) is 6.33 Å². The zero-order chi connectivity index (χ0) is 14.7. The van der Waals surface area contributed by atoms with Crippen molar-refractivity contribution in [3.8, 4) is 0 Å². The Kier molecular flexibility index (Phi) is 4.16. The maximum atomic E-state index is 12.2. The molecular weight excluding hydrogens is 258 g/mol. The molecule has 2 aromatic heterocycles. The summed E-state index contributed by atoms with van der Waals surface area (Å²) in [5.41, 5.74) is 0.585. The fraction of sp³-hybridized carbons (Fsp3) is 0.538. The summed E-state index contributed by atoms with van der Waals surface area (Å²) in [5, 5.41) is 10.8. The lowest BCUT2D eigenvalue weighted by molar-refractivity contribution is 0.0907. The van der Waals surface area contributed by atoms with Gasteiger partial charge in [0.05, 0.1) is 11.7 Å². The highest BCUT2D eigenvalue weighted by molar-refractivity contribution is 5.92. The van der Waals surface area contributed by atoms with Gasteiger partial charge in [-0.25, -0.2) is 4.98 Å². The topological polar surface area (TPSA) is 85.8 Å². The molecule has 0 bridgehead atoms. The highest BCUT2D eigenvalue weighted by Crippen LogP contribution is 2.13. The molecule has 7 nitrogen and oxygen atoms in total. The van der Waals surface area contributed by atoms with Crippen molar-refractivity contribution in [2.75, 3.05) is 0 Å². The van der Waals surface area contributed by atoms with E-state index < -0.39 is 0 Å². The minimum atomic E-state index is -0.290. The maximum absolute atomic E-state index is 12.2. The van der Waals surface area contributed by atoms with Crippen molar-refractivity contribution in [3.05, 3.63) is 29.5 Å². The molecule has 20 heavy (non-hydrogen) atoms. The van der Waals surface area contributed by atoms with Crippen molar-refractivity contribution in [2.24, 2.45) is 0 Å². The van der Waals surface area contributed by atoms with Crippen molar-refractivity contribution >= 4 is 5.91 Å². The van der Waals surface area contributed by atoms with Crippen LogP contribution in [0.5, 0.6) is 0 Å². The average molecular weight is 277 g/mol. The van der Waals surface area contributed by atoms with Gasteiger partial charge in [-0.05, 0) is 20.3 Å². The SMILES string of the molecule is CCCn1cnnc1[C@@H](C)NC(=O)c1oc(C)nc1C. The Balaban J connectivity index is 2.11. The van der Waals surface area contributed by atoms with Crippen molar-refractivity contribution in [2.45, 2.75) is 46.7 Å². The summed E-state index contributed by atoms with van der Waals surface area (Å²) in [6.07, 6.45) is 2.65. The van der Waals surface area contributed by atoms with Crippen LogP contribution in [-0.4, -0.2) is 25.7 Å². The van der Waals surface area contributed by atoms with Crippen LogP contribution < -0.4 is 5.32 Å². The molecule has 0 aliphatic heterocycles. The summed E-state index contributed by atoms with van der Waals surface area (Å²) in [7, 11) is 0. The van der Waals surface area contributed by atoms with Crippen molar-refractivity contribution < 1.29 is 9.21 Å². The molecule has 0 aliphatic rings. The van der Waals surface area contributed by atoms with Crippen molar-refractivity contribution in [1.82, 2.24) is 25.1 Å². The Bertz CT molecular complexity index is 602. The van der Waals surface area contributed by atoms with Crippen LogP contribution in [0.1, 0.15) is 54.3 Å². The molecule has 1 amide bonds. The molecule has 108 valence electrons. The first kappa shape index (κ1) is 14.2. The molecule has 0 aliphatic carbocycles. The van der Waals surface area contributed by atoms with Gasteiger partial charge < -0.3 is 14.3 Å². The number of hydrogen-bond donors (Lipinski definition) is 1. The van der Waals surface area contributed by atoms with E-state index in [9.17, 15) is 4.79 Å². The molecule has 0 saturated heterocycles. The van der Waals surface area contributed by atoms with Crippen LogP contribution in [0.3, 0.4) is 0 Å². The van der Waals surface area contributed by atoms with E-state index in [-0.39, 0.29) is 17.7 Å². The molecule has 0 aromatic carbocycles. The normalized spacial score (nSPS) is 12.4. The van der Waals surface area contributed by atoms with Gasteiger partial charge in [0.2, 0.25) is 5.76 Å². The van der Waals surface area contributed by atoms with E-state index in [2.05, 4.69) is 27.4 Å². The molecule has 2 rings (SSSR count). The Morgan fingerprint density at radius 2 is 2.25 bits per heavy atom. The number of oxazole rings is 1. The van der Waals surface area contributed by atoms with Gasteiger partial charge in [0.15, 0.2) is 11.7 Å². The molecule has 2 heterocycles. The molecule has 0 spiro atoms. The van der Waals surface area contributed by atoms with Crippen LogP contribution in [0, 0.1) is 13.8 Å². The minimum absolute atomic E-state index is 0.246. The first-order valence-corrected chi connectivity index (χ1v) is 6.65. The lowest BCUT2D eigenvalue weighted by Gasteiger charge is -2.13. The predicted octanol–water partition coefficient (Wildman–Crippen LogP) is 1.78. The molecule has 7 heteroatoms. The quantitative estimate of drug-likeness (QED) is 0.900. The second-order valence-corrected chi connectivity index (χ2v) is 4.73. The number of amides is 1. The molecule has 0 unspecified atom stereocenters. The number of aryl methyl sites for hydroxylation is 3. The summed E-state index contributed by atoms with van der Waals surface area (Å²) in [6.45, 7) is 8.23. The van der Waals surface area contributed by atoms with Crippen LogP contribution in [0.2, 0.25) is 0 Å². The van der Waals surface area contributed by atoms with E-state index in [1.165, 1.54) is 0 Å². The number of aromatic nitrogens is 4. The Morgan fingerprint density at radius 1 is 1.50 bits per heavy atom. The fourth-order valence-corrected chi connectivity index (χ4v) is 2.08. The van der Waals surface area contributed by atoms with E-state index in [1.807, 2.05) is 11.5 Å². The molecule has 0 radical (unpaired) electrons. The number of hydrogen-bond acceptors (Lipinski definition) is 5. The first-order valence-electron chi connectivity index (χ1n) is 6.65. The van der Waals surface area contributed by atoms with Gasteiger partial charge in [-0.3, -0.25) is 4.79 Å². The maximum Gasteiger partial charge on any atom is 0.289 e. The third-order valence-electron chi connectivity index (χ3n) is 2.95. The minimum Gasteiger partial charge on any atom is -0.436 e. The van der Waals surface area contributed by atoms with Crippen LogP contribution >= 0.6 is 0 Å². The van der Waals surface area contributed by atoms with Gasteiger partial charge in [-0.1, -0.05) is 6.92 Å². The third kappa shape index (κ3) is 2.87. The van der Waals surface area contributed by atoms with Gasteiger partial charge in [-0.15, -0.1) is 10.2 Å². The first-order chi connectivity index (χ1) is 9.52. The fourth-order valence-electron chi connectivity index (χ4n) is 2.08. The number of nitrogens with one attached hydrogen (secondary N) is 1. The van der Waals surface area contributed by atoms with Gasteiger partial charge in [-0.2, -0.15) is 0 Å². The molecular formula is C13H19N5O2. The zero-order valence-electron chi connectivity index (χ0n) is 12.2. The second kappa shape index (κ2) is 5.85. The van der Waals surface area contributed by atoms with Gasteiger partial charge in [0.25, 0.3) is 5.91 Å². The van der Waals surface area contributed by atoms with Crippen LogP contribution in [0.15, 0.2) is 10.7 Å². The van der Waals surface area contributed by atoms with Gasteiger partial charge in [0, 0.05) is 13.5 Å². The lowest BCUT2D eigenvalue weighted by Crippen LogP contribution is -2.29. The second-order valence-electron chi connectivity index (χ2n) is 4.73. The largest absolute Gasteiger partial charge is 0.436 e. The van der Waals surface area contributed by atoms with Crippen LogP contribution in [-0.2, 0) is 6.54 Å². The summed E-state index contributed by atoms with van der Waals surface area (Å²) >= 11 is 0. The zero-order valence-corrected chi connectivity index (χ0v) is 12.2. The number of rotatable bonds is 5. The van der Waals surface area contributed by atoms with E-state index in [0.717, 1.165) is 18.8 Å². The highest BCUT2D eigenvalue weighted by atomic mass is 16.4. The van der Waals surface area contributed by atoms with E-state index in [1.54, 1.807) is 20.2 Å². The summed E-state index contributed by atoms with van der Waals surface area (Å²) < 4.78 is 7.24. The van der Waals surface area contributed by atoms with Crippen LogP contribution in [0.25, 0.3) is 0 Å². The number of carbonyl (C=O) groups excluding carboxylic acids is 1. The van der Waals surface area contributed by atoms with Crippen LogP contribution in [0.4, 0.5) is 0 Å². The van der Waals surface area contributed by atoms with E-state index in [4.69, 9.17) is 4.42 Å². The highest BCUT2D eigenvalue weighted by Gasteiger charge is 2.20. The van der Waals surface area contributed by atoms with Crippen molar-refractivity contribution in [1.29, 1.82) is 0 Å². The lowest BCUT2D eigenvalue weighted by atomic mass is 10.2. The predicted molar refractivity (Wildman–Crippen MR) is 72.2 cm³/mol. The monoisotopic (exact) mass is 277 g/mol.